The highest BCUT2D eigenvalue weighted by Crippen LogP contribution is 2.11. The average molecular weight is 313 g/mol. The van der Waals surface area contributed by atoms with Gasteiger partial charge in [-0.1, -0.05) is 6.07 Å². The number of anilines is 1. The molecule has 0 fully saturated rings. The predicted octanol–water partition coefficient (Wildman–Crippen LogP) is 0.730. The highest BCUT2D eigenvalue weighted by Gasteiger charge is 2.12. The van der Waals surface area contributed by atoms with Crippen molar-refractivity contribution in [2.75, 3.05) is 5.32 Å². The first kappa shape index (κ1) is 14.8. The van der Waals surface area contributed by atoms with Crippen molar-refractivity contribution >= 4 is 28.4 Å². The third-order valence-corrected chi connectivity index (χ3v) is 3.37. The van der Waals surface area contributed by atoms with E-state index in [9.17, 15) is 14.4 Å². The molecule has 23 heavy (non-hydrogen) atoms. The van der Waals surface area contributed by atoms with Gasteiger partial charge in [0.15, 0.2) is 5.82 Å². The second-order valence-electron chi connectivity index (χ2n) is 5.32. The first-order valence-electron chi connectivity index (χ1n) is 7.00. The molecule has 0 radical (unpaired) electrons. The summed E-state index contributed by atoms with van der Waals surface area (Å²) in [5.74, 6) is -0.197. The Morgan fingerprint density at radius 2 is 2.13 bits per heavy atom. The van der Waals surface area contributed by atoms with Crippen LogP contribution in [-0.2, 0) is 23.1 Å². The van der Waals surface area contributed by atoms with Gasteiger partial charge in [0, 0.05) is 19.7 Å². The summed E-state index contributed by atoms with van der Waals surface area (Å²) in [6, 6.07) is 5.09. The van der Waals surface area contributed by atoms with E-state index in [4.69, 9.17) is 0 Å². The number of imidazole rings is 1. The number of aromatic nitrogens is 4. The molecule has 0 atom stereocenters. The average Bonchev–Trinajstić information content (AvgIpc) is 3.05. The molecule has 0 aliphatic rings. The molecule has 0 saturated carbocycles. The summed E-state index contributed by atoms with van der Waals surface area (Å²) in [7, 11) is 1.79. The molecule has 3 N–H and O–H groups in total. The smallest absolute Gasteiger partial charge is 0.271 e. The molecule has 8 nitrogen and oxygen atoms in total. The zero-order chi connectivity index (χ0) is 16.4. The molecule has 0 unspecified atom stereocenters. The second-order valence-corrected chi connectivity index (χ2v) is 5.32. The minimum Gasteiger partial charge on any atom is -0.338 e. The molecule has 2 aromatic heterocycles. The van der Waals surface area contributed by atoms with Crippen LogP contribution in [0.25, 0.3) is 10.9 Å². The van der Waals surface area contributed by atoms with Gasteiger partial charge in [0.25, 0.3) is 5.56 Å². The van der Waals surface area contributed by atoms with Crippen molar-refractivity contribution in [3.8, 4) is 0 Å². The number of carbonyl (C=O) groups excluding carboxylic acids is 2. The number of ketones is 1. The van der Waals surface area contributed by atoms with Crippen LogP contribution in [0.15, 0.2) is 35.5 Å². The Morgan fingerprint density at radius 3 is 2.87 bits per heavy atom. The Kier molecular flexibility index (Phi) is 3.80. The van der Waals surface area contributed by atoms with Gasteiger partial charge in [-0.15, -0.1) is 0 Å². The Labute approximate surface area is 130 Å². The van der Waals surface area contributed by atoms with Gasteiger partial charge in [-0.05, 0) is 17.7 Å². The van der Waals surface area contributed by atoms with Gasteiger partial charge < -0.3 is 9.88 Å². The largest absolute Gasteiger partial charge is 0.338 e. The summed E-state index contributed by atoms with van der Waals surface area (Å²) < 4.78 is 1.70. The first-order valence-corrected chi connectivity index (χ1v) is 7.00. The zero-order valence-electron chi connectivity index (χ0n) is 12.4. The fourth-order valence-electron chi connectivity index (χ4n) is 2.33. The zero-order valence-corrected chi connectivity index (χ0v) is 12.4. The second kappa shape index (κ2) is 5.91. The highest BCUT2D eigenvalue weighted by atomic mass is 16.2. The number of benzene rings is 1. The minimum absolute atomic E-state index is 0.124. The Hall–Kier alpha value is -3.16. The van der Waals surface area contributed by atoms with Crippen LogP contribution < -0.4 is 10.9 Å². The molecule has 0 aliphatic carbocycles. The van der Waals surface area contributed by atoms with Gasteiger partial charge in [0.05, 0.1) is 23.7 Å². The van der Waals surface area contributed by atoms with Crippen molar-refractivity contribution in [3.63, 3.8) is 0 Å². The van der Waals surface area contributed by atoms with E-state index in [0.717, 1.165) is 5.56 Å². The summed E-state index contributed by atoms with van der Waals surface area (Å²) in [5.41, 5.74) is 1.18. The van der Waals surface area contributed by atoms with E-state index in [1.165, 1.54) is 0 Å². The number of aromatic amines is 2. The summed E-state index contributed by atoms with van der Waals surface area (Å²) in [5, 5.41) is 8.32. The van der Waals surface area contributed by atoms with Gasteiger partial charge in [-0.3, -0.25) is 24.6 Å². The maximum atomic E-state index is 12.0. The number of rotatable bonds is 5. The van der Waals surface area contributed by atoms with Crippen molar-refractivity contribution in [2.24, 2.45) is 7.05 Å². The molecular weight excluding hydrogens is 298 g/mol. The third kappa shape index (κ3) is 3.37. The van der Waals surface area contributed by atoms with E-state index in [0.29, 0.717) is 16.7 Å². The SMILES string of the molecule is Cn1cnc(NC(=O)CC(=O)Cc2ccc3c(=O)[nH][nH]c3c2)c1. The lowest BCUT2D eigenvalue weighted by Gasteiger charge is -2.02. The number of nitrogens with one attached hydrogen (secondary N) is 3. The molecule has 8 heteroatoms. The maximum Gasteiger partial charge on any atom is 0.271 e. The lowest BCUT2D eigenvalue weighted by molar-refractivity contribution is -0.125. The number of Topliss-reactive ketones (excluding diaryl/α,β-unsaturated/α-hetero) is 1. The molecule has 1 amide bonds. The van der Waals surface area contributed by atoms with Crippen LogP contribution in [0.1, 0.15) is 12.0 Å². The Balaban J connectivity index is 1.61. The molecule has 1 aromatic carbocycles. The summed E-state index contributed by atoms with van der Waals surface area (Å²) in [6.45, 7) is 0. The third-order valence-electron chi connectivity index (χ3n) is 3.37. The predicted molar refractivity (Wildman–Crippen MR) is 84.1 cm³/mol. The number of H-pyrrole nitrogens is 2. The lowest BCUT2D eigenvalue weighted by atomic mass is 10.1. The topological polar surface area (TPSA) is 113 Å². The van der Waals surface area contributed by atoms with Crippen molar-refractivity contribution in [2.45, 2.75) is 12.8 Å². The molecule has 2 heterocycles. The number of hydrogen-bond donors (Lipinski definition) is 3. The quantitative estimate of drug-likeness (QED) is 0.603. The molecule has 0 aliphatic heterocycles. The van der Waals surface area contributed by atoms with E-state index in [1.54, 1.807) is 42.3 Å². The molecule has 118 valence electrons. The van der Waals surface area contributed by atoms with Crippen molar-refractivity contribution < 1.29 is 9.59 Å². The normalized spacial score (nSPS) is 10.8. The fraction of sp³-hybridized carbons (Fsp3) is 0.200. The van der Waals surface area contributed by atoms with E-state index in [-0.39, 0.29) is 24.2 Å². The monoisotopic (exact) mass is 313 g/mol. The minimum atomic E-state index is -0.398. The number of carbonyl (C=O) groups is 2. The van der Waals surface area contributed by atoms with Crippen LogP contribution in [-0.4, -0.2) is 31.4 Å². The van der Waals surface area contributed by atoms with Crippen molar-refractivity contribution in [3.05, 3.63) is 46.6 Å². The fourth-order valence-corrected chi connectivity index (χ4v) is 2.33. The number of hydrogen-bond acceptors (Lipinski definition) is 4. The van der Waals surface area contributed by atoms with Gasteiger partial charge in [0.2, 0.25) is 5.91 Å². The van der Waals surface area contributed by atoms with Crippen LogP contribution in [0.3, 0.4) is 0 Å². The standard InChI is InChI=1S/C15H15N5O3/c1-20-7-13(16-8-20)17-14(22)6-10(21)4-9-2-3-11-12(5-9)18-19-15(11)23/h2-3,5,7-8H,4,6H2,1H3,(H,17,22)(H2,18,19,23). The number of aryl methyl sites for hydroxylation is 1. The number of amides is 1. The first-order chi connectivity index (χ1) is 11.0. The molecule has 3 aromatic rings. The van der Waals surface area contributed by atoms with Crippen LogP contribution in [0, 0.1) is 0 Å². The summed E-state index contributed by atoms with van der Waals surface area (Å²) >= 11 is 0. The van der Waals surface area contributed by atoms with Crippen LogP contribution in [0.2, 0.25) is 0 Å². The maximum absolute atomic E-state index is 12.0. The van der Waals surface area contributed by atoms with E-state index in [2.05, 4.69) is 20.5 Å². The van der Waals surface area contributed by atoms with Crippen molar-refractivity contribution in [1.82, 2.24) is 19.7 Å². The van der Waals surface area contributed by atoms with Gasteiger partial charge in [0.1, 0.15) is 5.78 Å². The van der Waals surface area contributed by atoms with Gasteiger partial charge >= 0.3 is 0 Å². The highest BCUT2D eigenvalue weighted by molar-refractivity contribution is 6.04. The van der Waals surface area contributed by atoms with E-state index < -0.39 is 5.91 Å². The van der Waals surface area contributed by atoms with E-state index >= 15 is 0 Å². The number of nitrogens with zero attached hydrogens (tertiary/aromatic N) is 2. The molecule has 0 saturated heterocycles. The Morgan fingerprint density at radius 1 is 1.30 bits per heavy atom. The van der Waals surface area contributed by atoms with Crippen LogP contribution >= 0.6 is 0 Å². The molecule has 0 bridgehead atoms. The van der Waals surface area contributed by atoms with Crippen molar-refractivity contribution in [1.29, 1.82) is 0 Å². The number of fused-ring (bicyclic) bond motifs is 1. The lowest BCUT2D eigenvalue weighted by Crippen LogP contribution is -2.17. The van der Waals surface area contributed by atoms with Crippen LogP contribution in [0.4, 0.5) is 5.82 Å². The van der Waals surface area contributed by atoms with Gasteiger partial charge in [-0.25, -0.2) is 4.98 Å². The summed E-state index contributed by atoms with van der Waals surface area (Å²) in [6.07, 6.45) is 3.11. The van der Waals surface area contributed by atoms with E-state index in [1.807, 2.05) is 0 Å². The Bertz CT molecular complexity index is 934. The molecular formula is C15H15N5O3. The summed E-state index contributed by atoms with van der Waals surface area (Å²) in [4.78, 5) is 39.2. The molecule has 3 rings (SSSR count). The van der Waals surface area contributed by atoms with Crippen LogP contribution in [0.5, 0.6) is 0 Å². The van der Waals surface area contributed by atoms with Gasteiger partial charge in [-0.2, -0.15) is 0 Å². The molecule has 0 spiro atoms.